The van der Waals surface area contributed by atoms with Gasteiger partial charge >= 0.3 is 0 Å². The molecule has 1 aromatic carbocycles. The Kier molecular flexibility index (Phi) is 2.34. The van der Waals surface area contributed by atoms with Gasteiger partial charge in [0.15, 0.2) is 0 Å². The van der Waals surface area contributed by atoms with Crippen LogP contribution in [-0.2, 0) is 11.8 Å². The summed E-state index contributed by atoms with van der Waals surface area (Å²) in [5, 5.41) is 1.21. The molecule has 80 valence electrons. The third-order valence-electron chi connectivity index (χ3n) is 2.87. The lowest BCUT2D eigenvalue weighted by molar-refractivity contribution is 0.582. The smallest absolute Gasteiger partial charge is 0.134 e. The second-order valence-electron chi connectivity index (χ2n) is 5.07. The Bertz CT molecular complexity index is 472. The van der Waals surface area contributed by atoms with Gasteiger partial charge in [0.25, 0.3) is 0 Å². The molecule has 0 saturated heterocycles. The predicted octanol–water partition coefficient (Wildman–Crippen LogP) is 4.29. The fourth-order valence-electron chi connectivity index (χ4n) is 2.04. The molecule has 1 heteroatoms. The van der Waals surface area contributed by atoms with Crippen LogP contribution >= 0.6 is 0 Å². The lowest BCUT2D eigenvalue weighted by Gasteiger charge is -2.22. The maximum Gasteiger partial charge on any atom is 0.134 e. The second-order valence-corrected chi connectivity index (χ2v) is 5.07. The molecule has 0 spiro atoms. The summed E-state index contributed by atoms with van der Waals surface area (Å²) in [5.74, 6) is 0. The van der Waals surface area contributed by atoms with Gasteiger partial charge in [-0.1, -0.05) is 27.7 Å². The van der Waals surface area contributed by atoms with E-state index in [2.05, 4.69) is 39.8 Å². The van der Waals surface area contributed by atoms with Crippen molar-refractivity contribution in [1.82, 2.24) is 0 Å². The average Bonchev–Trinajstić information content (AvgIpc) is 2.60. The maximum absolute atomic E-state index is 5.43. The molecule has 0 aliphatic rings. The lowest BCUT2D eigenvalue weighted by Crippen LogP contribution is -2.13. The summed E-state index contributed by atoms with van der Waals surface area (Å²) in [6.45, 7) is 8.97. The Morgan fingerprint density at radius 3 is 2.53 bits per heavy atom. The van der Waals surface area contributed by atoms with Gasteiger partial charge in [0.2, 0.25) is 0 Å². The molecule has 0 unspecified atom stereocenters. The number of rotatable bonds is 1. The minimum Gasteiger partial charge on any atom is -0.464 e. The number of hydrogen-bond donors (Lipinski definition) is 0. The van der Waals surface area contributed by atoms with Crippen molar-refractivity contribution in [3.8, 4) is 0 Å². The summed E-state index contributed by atoms with van der Waals surface area (Å²) in [5.41, 5.74) is 4.03. The minimum absolute atomic E-state index is 0.205. The van der Waals surface area contributed by atoms with Gasteiger partial charge in [0.05, 0.1) is 6.26 Å². The van der Waals surface area contributed by atoms with Crippen LogP contribution in [0.3, 0.4) is 0 Å². The van der Waals surface area contributed by atoms with E-state index in [1.54, 1.807) is 6.26 Å². The van der Waals surface area contributed by atoms with Gasteiger partial charge in [-0.25, -0.2) is 0 Å². The van der Waals surface area contributed by atoms with Gasteiger partial charge in [-0.2, -0.15) is 0 Å². The number of fused-ring (bicyclic) bond motifs is 1. The lowest BCUT2D eigenvalue weighted by atomic mass is 9.82. The fraction of sp³-hybridized carbons (Fsp3) is 0.429. The Labute approximate surface area is 91.1 Å². The van der Waals surface area contributed by atoms with Crippen molar-refractivity contribution in [2.24, 2.45) is 0 Å². The zero-order chi connectivity index (χ0) is 11.1. The van der Waals surface area contributed by atoms with Crippen molar-refractivity contribution in [2.45, 2.75) is 39.5 Å². The first-order valence-corrected chi connectivity index (χ1v) is 5.53. The van der Waals surface area contributed by atoms with Gasteiger partial charge in [0, 0.05) is 5.39 Å². The Morgan fingerprint density at radius 2 is 1.93 bits per heavy atom. The summed E-state index contributed by atoms with van der Waals surface area (Å²) >= 11 is 0. The van der Waals surface area contributed by atoms with Gasteiger partial charge in [0.1, 0.15) is 5.58 Å². The molecule has 0 saturated carbocycles. The highest BCUT2D eigenvalue weighted by Gasteiger charge is 2.18. The van der Waals surface area contributed by atoms with Crippen molar-refractivity contribution in [1.29, 1.82) is 0 Å². The van der Waals surface area contributed by atoms with E-state index in [1.807, 2.05) is 6.07 Å². The number of aryl methyl sites for hydroxylation is 1. The molecule has 0 aliphatic carbocycles. The molecule has 0 aliphatic heterocycles. The fourth-order valence-corrected chi connectivity index (χ4v) is 2.04. The highest BCUT2D eigenvalue weighted by molar-refractivity contribution is 5.79. The maximum atomic E-state index is 5.43. The summed E-state index contributed by atoms with van der Waals surface area (Å²) in [7, 11) is 0. The molecular formula is C14H18O. The van der Waals surface area contributed by atoms with Gasteiger partial charge in [-0.15, -0.1) is 0 Å². The molecule has 0 amide bonds. The normalized spacial score (nSPS) is 12.3. The van der Waals surface area contributed by atoms with Crippen molar-refractivity contribution in [3.05, 3.63) is 35.6 Å². The standard InChI is InChI=1S/C14H18O/c1-5-10-9-13-11(6-7-15-13)8-12(10)14(2,3)4/h6-9H,5H2,1-4H3. The molecule has 2 aromatic rings. The first-order chi connectivity index (χ1) is 7.02. The Morgan fingerprint density at radius 1 is 1.20 bits per heavy atom. The Hall–Kier alpha value is -1.24. The first-order valence-electron chi connectivity index (χ1n) is 5.53. The summed E-state index contributed by atoms with van der Waals surface area (Å²) in [4.78, 5) is 0. The Balaban J connectivity index is 2.70. The molecular weight excluding hydrogens is 184 g/mol. The highest BCUT2D eigenvalue weighted by atomic mass is 16.3. The average molecular weight is 202 g/mol. The highest BCUT2D eigenvalue weighted by Crippen LogP contribution is 2.30. The van der Waals surface area contributed by atoms with E-state index in [4.69, 9.17) is 4.42 Å². The molecule has 0 bridgehead atoms. The van der Waals surface area contributed by atoms with E-state index < -0.39 is 0 Å². The third-order valence-corrected chi connectivity index (χ3v) is 2.87. The minimum atomic E-state index is 0.205. The molecule has 0 atom stereocenters. The van der Waals surface area contributed by atoms with Gasteiger partial charge in [-0.3, -0.25) is 0 Å². The van der Waals surface area contributed by atoms with Crippen molar-refractivity contribution >= 4 is 11.0 Å². The van der Waals surface area contributed by atoms with Gasteiger partial charge in [-0.05, 0) is 41.2 Å². The molecule has 0 N–H and O–H groups in total. The van der Waals surface area contributed by atoms with Gasteiger partial charge < -0.3 is 4.42 Å². The second kappa shape index (κ2) is 3.41. The number of benzene rings is 1. The first kappa shape index (κ1) is 10.3. The van der Waals surface area contributed by atoms with Crippen LogP contribution in [0, 0.1) is 0 Å². The van der Waals surface area contributed by atoms with Crippen LogP contribution in [-0.4, -0.2) is 0 Å². The quantitative estimate of drug-likeness (QED) is 0.672. The molecule has 1 nitrogen and oxygen atoms in total. The number of hydrogen-bond acceptors (Lipinski definition) is 1. The SMILES string of the molecule is CCc1cc2occc2cc1C(C)(C)C. The van der Waals surface area contributed by atoms with E-state index in [9.17, 15) is 0 Å². The van der Waals surface area contributed by atoms with Crippen LogP contribution < -0.4 is 0 Å². The van der Waals surface area contributed by atoms with E-state index in [1.165, 1.54) is 16.5 Å². The van der Waals surface area contributed by atoms with E-state index in [0.717, 1.165) is 12.0 Å². The predicted molar refractivity (Wildman–Crippen MR) is 64.3 cm³/mol. The van der Waals surface area contributed by atoms with Crippen molar-refractivity contribution in [3.63, 3.8) is 0 Å². The third kappa shape index (κ3) is 1.79. The monoisotopic (exact) mass is 202 g/mol. The van der Waals surface area contributed by atoms with Crippen molar-refractivity contribution < 1.29 is 4.42 Å². The van der Waals surface area contributed by atoms with Crippen LogP contribution in [0.5, 0.6) is 0 Å². The molecule has 0 fully saturated rings. The molecule has 15 heavy (non-hydrogen) atoms. The molecule has 0 radical (unpaired) electrons. The summed E-state index contributed by atoms with van der Waals surface area (Å²) in [6, 6.07) is 6.47. The molecule has 1 aromatic heterocycles. The van der Waals surface area contributed by atoms with Crippen LogP contribution in [0.2, 0.25) is 0 Å². The van der Waals surface area contributed by atoms with E-state index >= 15 is 0 Å². The molecule has 1 heterocycles. The summed E-state index contributed by atoms with van der Waals surface area (Å²) < 4.78 is 5.43. The topological polar surface area (TPSA) is 13.1 Å². The zero-order valence-electron chi connectivity index (χ0n) is 9.92. The zero-order valence-corrected chi connectivity index (χ0v) is 9.92. The molecule has 2 rings (SSSR count). The largest absolute Gasteiger partial charge is 0.464 e. The van der Waals surface area contributed by atoms with Crippen LogP contribution in [0.1, 0.15) is 38.8 Å². The van der Waals surface area contributed by atoms with Crippen LogP contribution in [0.15, 0.2) is 28.9 Å². The number of furan rings is 1. The van der Waals surface area contributed by atoms with Crippen LogP contribution in [0.4, 0.5) is 0 Å². The van der Waals surface area contributed by atoms with Crippen molar-refractivity contribution in [2.75, 3.05) is 0 Å². The van der Waals surface area contributed by atoms with E-state index in [-0.39, 0.29) is 5.41 Å². The van der Waals surface area contributed by atoms with E-state index in [0.29, 0.717) is 0 Å². The summed E-state index contributed by atoms with van der Waals surface area (Å²) in [6.07, 6.45) is 2.82. The van der Waals surface area contributed by atoms with Crippen LogP contribution in [0.25, 0.3) is 11.0 Å².